The quantitative estimate of drug-likeness (QED) is 0.336. The molecular weight excluding hydrogens is 457 g/mol. The molecule has 0 saturated heterocycles. The molecule has 1 atom stereocenters. The van der Waals surface area contributed by atoms with Crippen molar-refractivity contribution in [2.45, 2.75) is 17.3 Å². The Bertz CT molecular complexity index is 1040. The van der Waals surface area contributed by atoms with Gasteiger partial charge in [0.15, 0.2) is 15.9 Å². The summed E-state index contributed by atoms with van der Waals surface area (Å²) in [4.78, 5) is 23.8. The van der Waals surface area contributed by atoms with Gasteiger partial charge in [0.25, 0.3) is 0 Å². The Morgan fingerprint density at radius 2 is 1.50 bits per heavy atom. The highest BCUT2D eigenvalue weighted by molar-refractivity contribution is 7.91. The van der Waals surface area contributed by atoms with Gasteiger partial charge in [0.2, 0.25) is 12.3 Å². The third-order valence-electron chi connectivity index (χ3n) is 4.01. The number of rotatable bonds is 9. The summed E-state index contributed by atoms with van der Waals surface area (Å²) >= 11 is 0. The number of sulfone groups is 1. The van der Waals surface area contributed by atoms with E-state index in [4.69, 9.17) is 4.74 Å². The molecule has 0 spiro atoms. The predicted molar refractivity (Wildman–Crippen MR) is 104 cm³/mol. The topological polar surface area (TPSA) is 113 Å². The summed E-state index contributed by atoms with van der Waals surface area (Å²) in [5.41, 5.74) is 0. The Kier molecular flexibility index (Phi) is 7.69. The minimum absolute atomic E-state index is 0.0104. The fourth-order valence-corrected chi connectivity index (χ4v) is 3.95. The molecule has 2 aromatic rings. The third kappa shape index (κ3) is 6.85. The van der Waals surface area contributed by atoms with E-state index in [2.05, 4.69) is 4.74 Å². The lowest BCUT2D eigenvalue weighted by atomic mass is 10.3. The van der Waals surface area contributed by atoms with Crippen LogP contribution >= 0.6 is 0 Å². The molecule has 0 fully saturated rings. The molecule has 0 saturated carbocycles. The van der Waals surface area contributed by atoms with Gasteiger partial charge in [-0.3, -0.25) is 14.8 Å². The van der Waals surface area contributed by atoms with Crippen LogP contribution in [-0.2, 0) is 19.4 Å². The molecule has 0 aliphatic heterocycles. The summed E-state index contributed by atoms with van der Waals surface area (Å²) in [5.74, 6) is -1.72. The molecule has 1 N–H and O–H groups in total. The maximum Gasteiger partial charge on any atom is 0.573 e. The van der Waals surface area contributed by atoms with Crippen LogP contribution in [0.3, 0.4) is 0 Å². The SMILES string of the molecule is CN(C)C(=O)C(CS(=O)(=O)c1ccc(Oc2ccc(OC(F)(F)F)cc2)cc1)N(O)C=O. The van der Waals surface area contributed by atoms with Gasteiger partial charge in [-0.2, -0.15) is 0 Å². The van der Waals surface area contributed by atoms with Crippen LogP contribution < -0.4 is 9.47 Å². The summed E-state index contributed by atoms with van der Waals surface area (Å²) < 4.78 is 71.1. The van der Waals surface area contributed by atoms with Gasteiger partial charge in [-0.05, 0) is 48.5 Å². The van der Waals surface area contributed by atoms with Crippen molar-refractivity contribution in [3.05, 3.63) is 48.5 Å². The van der Waals surface area contributed by atoms with Crippen LogP contribution in [0.2, 0.25) is 0 Å². The summed E-state index contributed by atoms with van der Waals surface area (Å²) in [6.45, 7) is 0. The Morgan fingerprint density at radius 1 is 1.03 bits per heavy atom. The standard InChI is InChI=1S/C19H19F3N2O7S/c1-23(2)18(26)17(24(27)12-25)11-32(28,29)16-9-7-14(8-10-16)30-13-3-5-15(6-4-13)31-19(20,21)22/h3-10,12,17,27H,11H2,1-2H3. The van der Waals surface area contributed by atoms with Gasteiger partial charge >= 0.3 is 6.36 Å². The van der Waals surface area contributed by atoms with Crippen molar-refractivity contribution in [1.82, 2.24) is 9.96 Å². The highest BCUT2D eigenvalue weighted by Gasteiger charge is 2.32. The van der Waals surface area contributed by atoms with E-state index in [1.54, 1.807) is 0 Å². The smallest absolute Gasteiger partial charge is 0.457 e. The van der Waals surface area contributed by atoms with E-state index >= 15 is 0 Å². The number of hydroxylamine groups is 2. The van der Waals surface area contributed by atoms with Crippen molar-refractivity contribution in [3.63, 3.8) is 0 Å². The first-order valence-electron chi connectivity index (χ1n) is 8.82. The molecule has 174 valence electrons. The zero-order valence-corrected chi connectivity index (χ0v) is 17.6. The Balaban J connectivity index is 2.13. The van der Waals surface area contributed by atoms with Crippen molar-refractivity contribution in [2.24, 2.45) is 0 Å². The molecule has 0 aliphatic carbocycles. The van der Waals surface area contributed by atoms with E-state index in [9.17, 15) is 36.4 Å². The number of likely N-dealkylation sites (N-methyl/N-ethyl adjacent to an activating group) is 1. The monoisotopic (exact) mass is 476 g/mol. The number of hydrogen-bond acceptors (Lipinski definition) is 7. The average Bonchev–Trinajstić information content (AvgIpc) is 2.71. The molecule has 13 heteroatoms. The number of benzene rings is 2. The maximum absolute atomic E-state index is 12.6. The molecule has 0 aromatic heterocycles. The van der Waals surface area contributed by atoms with Crippen LogP contribution in [0.5, 0.6) is 17.2 Å². The molecule has 2 amide bonds. The van der Waals surface area contributed by atoms with Crippen LogP contribution in [-0.4, -0.2) is 68.2 Å². The highest BCUT2D eigenvalue weighted by Crippen LogP contribution is 2.28. The molecule has 9 nitrogen and oxygen atoms in total. The fraction of sp³-hybridized carbons (Fsp3) is 0.263. The lowest BCUT2D eigenvalue weighted by Gasteiger charge is -2.24. The number of amides is 2. The summed E-state index contributed by atoms with van der Waals surface area (Å²) in [5, 5.41) is 9.59. The Labute approximate surface area is 181 Å². The van der Waals surface area contributed by atoms with E-state index in [1.807, 2.05) is 0 Å². The first-order chi connectivity index (χ1) is 14.8. The molecule has 0 radical (unpaired) electrons. The van der Waals surface area contributed by atoms with Gasteiger partial charge in [0.05, 0.1) is 10.6 Å². The third-order valence-corrected chi connectivity index (χ3v) is 5.75. The van der Waals surface area contributed by atoms with E-state index in [1.165, 1.54) is 50.5 Å². The fourth-order valence-electron chi connectivity index (χ4n) is 2.50. The second-order valence-electron chi connectivity index (χ2n) is 6.61. The van der Waals surface area contributed by atoms with Crippen molar-refractivity contribution >= 4 is 22.2 Å². The molecule has 0 heterocycles. The minimum Gasteiger partial charge on any atom is -0.457 e. The Hall–Kier alpha value is -3.32. The zero-order chi connectivity index (χ0) is 24.1. The number of alkyl halides is 3. The number of halogens is 3. The average molecular weight is 476 g/mol. The number of carbonyl (C=O) groups excluding carboxylic acids is 2. The summed E-state index contributed by atoms with van der Waals surface area (Å²) in [7, 11) is -1.41. The normalized spacial score (nSPS) is 12.6. The zero-order valence-electron chi connectivity index (χ0n) is 16.8. The number of hydrogen-bond donors (Lipinski definition) is 1. The lowest BCUT2D eigenvalue weighted by Crippen LogP contribution is -2.48. The van der Waals surface area contributed by atoms with Crippen molar-refractivity contribution < 1.29 is 45.9 Å². The van der Waals surface area contributed by atoms with Crippen LogP contribution in [0.4, 0.5) is 13.2 Å². The molecule has 0 bridgehead atoms. The Morgan fingerprint density at radius 3 is 1.94 bits per heavy atom. The first-order valence-corrected chi connectivity index (χ1v) is 10.5. The van der Waals surface area contributed by atoms with Crippen molar-refractivity contribution in [3.8, 4) is 17.2 Å². The van der Waals surface area contributed by atoms with E-state index in [-0.39, 0.29) is 27.9 Å². The van der Waals surface area contributed by atoms with E-state index < -0.39 is 39.7 Å². The second kappa shape index (κ2) is 9.87. The van der Waals surface area contributed by atoms with Crippen LogP contribution in [0, 0.1) is 0 Å². The van der Waals surface area contributed by atoms with Crippen LogP contribution in [0.1, 0.15) is 0 Å². The van der Waals surface area contributed by atoms with Gasteiger partial charge < -0.3 is 14.4 Å². The maximum atomic E-state index is 12.6. The van der Waals surface area contributed by atoms with Crippen molar-refractivity contribution in [1.29, 1.82) is 0 Å². The molecule has 2 aromatic carbocycles. The molecular formula is C19H19F3N2O7S. The van der Waals surface area contributed by atoms with E-state index in [0.717, 1.165) is 17.0 Å². The molecule has 1 unspecified atom stereocenters. The largest absolute Gasteiger partial charge is 0.573 e. The van der Waals surface area contributed by atoms with Crippen LogP contribution in [0.15, 0.2) is 53.4 Å². The van der Waals surface area contributed by atoms with Gasteiger partial charge in [0, 0.05) is 14.1 Å². The van der Waals surface area contributed by atoms with Gasteiger partial charge in [-0.1, -0.05) is 0 Å². The summed E-state index contributed by atoms with van der Waals surface area (Å²) in [6, 6.07) is 7.90. The number of carbonyl (C=O) groups is 2. The number of ether oxygens (including phenoxy) is 2. The molecule has 2 rings (SSSR count). The summed E-state index contributed by atoms with van der Waals surface area (Å²) in [6.07, 6.45) is -4.89. The predicted octanol–water partition coefficient (Wildman–Crippen LogP) is 2.46. The number of nitrogens with zero attached hydrogens (tertiary/aromatic N) is 2. The first kappa shape index (κ1) is 24.9. The van der Waals surface area contributed by atoms with E-state index in [0.29, 0.717) is 0 Å². The molecule has 32 heavy (non-hydrogen) atoms. The van der Waals surface area contributed by atoms with Crippen LogP contribution in [0.25, 0.3) is 0 Å². The van der Waals surface area contributed by atoms with Gasteiger partial charge in [-0.25, -0.2) is 13.5 Å². The van der Waals surface area contributed by atoms with Gasteiger partial charge in [0.1, 0.15) is 17.2 Å². The van der Waals surface area contributed by atoms with Gasteiger partial charge in [-0.15, -0.1) is 13.2 Å². The second-order valence-corrected chi connectivity index (χ2v) is 8.64. The van der Waals surface area contributed by atoms with Crippen molar-refractivity contribution in [2.75, 3.05) is 19.8 Å². The molecule has 0 aliphatic rings. The lowest BCUT2D eigenvalue weighted by molar-refractivity contribution is -0.274. The minimum atomic E-state index is -4.82. The highest BCUT2D eigenvalue weighted by atomic mass is 32.2.